The number of ether oxygens (including phenoxy) is 1. The highest BCUT2D eigenvalue weighted by Crippen LogP contribution is 2.25. The van der Waals surface area contributed by atoms with E-state index in [0.29, 0.717) is 11.8 Å². The number of halogens is 1. The second-order valence-electron chi connectivity index (χ2n) is 6.17. The van der Waals surface area contributed by atoms with Gasteiger partial charge in [-0.3, -0.25) is 4.90 Å². The number of hydrogen-bond acceptors (Lipinski definition) is 7. The molecular formula is C20H23BrN6O. The van der Waals surface area contributed by atoms with Crippen molar-refractivity contribution in [2.24, 2.45) is 0 Å². The lowest BCUT2D eigenvalue weighted by Gasteiger charge is -2.20. The molecule has 1 N–H and O–H groups in total. The van der Waals surface area contributed by atoms with Gasteiger partial charge in [0.2, 0.25) is 5.82 Å². The smallest absolute Gasteiger partial charge is 0.266 e. The van der Waals surface area contributed by atoms with E-state index in [1.165, 1.54) is 0 Å². The summed E-state index contributed by atoms with van der Waals surface area (Å²) in [5, 5.41) is 19.8. The molecule has 0 saturated carbocycles. The zero-order valence-electron chi connectivity index (χ0n) is 16.2. The summed E-state index contributed by atoms with van der Waals surface area (Å²) in [5.74, 6) is 1.68. The Balaban J connectivity index is 1.77. The van der Waals surface area contributed by atoms with E-state index in [0.717, 1.165) is 46.7 Å². The van der Waals surface area contributed by atoms with Crippen molar-refractivity contribution < 1.29 is 4.74 Å². The zero-order chi connectivity index (χ0) is 19.9. The van der Waals surface area contributed by atoms with Crippen molar-refractivity contribution in [2.75, 3.05) is 25.5 Å². The Labute approximate surface area is 173 Å². The van der Waals surface area contributed by atoms with Crippen LogP contribution in [0.4, 0.5) is 11.6 Å². The fraction of sp³-hybridized carbons (Fsp3) is 0.300. The van der Waals surface area contributed by atoms with Gasteiger partial charge in [-0.2, -0.15) is 0 Å². The summed E-state index contributed by atoms with van der Waals surface area (Å²) in [6, 6.07) is 13.6. The molecule has 8 heteroatoms. The SMILES string of the molecule is CCN(CC)Cc1cc(Nc2nnc(-c3cccc(Br)c3)nn2)ccc1OC. The maximum absolute atomic E-state index is 5.50. The van der Waals surface area contributed by atoms with E-state index in [9.17, 15) is 0 Å². The predicted octanol–water partition coefficient (Wildman–Crippen LogP) is 4.29. The van der Waals surface area contributed by atoms with Gasteiger partial charge in [0.05, 0.1) is 7.11 Å². The molecule has 2 aromatic carbocycles. The first kappa shape index (κ1) is 20.2. The molecule has 0 saturated heterocycles. The first-order valence-electron chi connectivity index (χ1n) is 9.12. The highest BCUT2D eigenvalue weighted by atomic mass is 79.9. The van der Waals surface area contributed by atoms with Gasteiger partial charge in [-0.25, -0.2) is 0 Å². The third-order valence-electron chi connectivity index (χ3n) is 4.39. The van der Waals surface area contributed by atoms with E-state index in [2.05, 4.69) is 60.4 Å². The van der Waals surface area contributed by atoms with E-state index in [1.54, 1.807) is 7.11 Å². The number of nitrogens with one attached hydrogen (secondary N) is 1. The van der Waals surface area contributed by atoms with Gasteiger partial charge in [-0.15, -0.1) is 20.4 Å². The molecule has 1 heterocycles. The molecule has 0 fully saturated rings. The quantitative estimate of drug-likeness (QED) is 0.557. The first-order chi connectivity index (χ1) is 13.6. The standard InChI is InChI=1S/C20H23BrN6O/c1-4-27(5-2)13-15-12-17(9-10-18(15)28-3)22-20-25-23-19(24-26-20)14-7-6-8-16(21)11-14/h6-12H,4-5,13H2,1-3H3,(H,22,25,26). The summed E-state index contributed by atoms with van der Waals surface area (Å²) in [7, 11) is 1.69. The second-order valence-corrected chi connectivity index (χ2v) is 7.09. The number of aromatic nitrogens is 4. The van der Waals surface area contributed by atoms with Crippen LogP contribution >= 0.6 is 15.9 Å². The van der Waals surface area contributed by atoms with E-state index in [-0.39, 0.29) is 0 Å². The van der Waals surface area contributed by atoms with Crippen molar-refractivity contribution in [3.05, 3.63) is 52.5 Å². The highest BCUT2D eigenvalue weighted by Gasteiger charge is 2.10. The fourth-order valence-corrected chi connectivity index (χ4v) is 3.22. The molecule has 28 heavy (non-hydrogen) atoms. The van der Waals surface area contributed by atoms with Crippen LogP contribution in [0, 0.1) is 0 Å². The molecule has 1 aromatic heterocycles. The topological polar surface area (TPSA) is 76.1 Å². The average Bonchev–Trinajstić information content (AvgIpc) is 2.72. The van der Waals surface area contributed by atoms with Crippen LogP contribution in [0.5, 0.6) is 5.75 Å². The number of methoxy groups -OCH3 is 1. The summed E-state index contributed by atoms with van der Waals surface area (Å²) >= 11 is 3.44. The van der Waals surface area contributed by atoms with Gasteiger partial charge in [0.1, 0.15) is 5.75 Å². The van der Waals surface area contributed by atoms with Crippen LogP contribution in [-0.4, -0.2) is 45.5 Å². The summed E-state index contributed by atoms with van der Waals surface area (Å²) in [6.45, 7) is 7.06. The van der Waals surface area contributed by atoms with Crippen LogP contribution in [-0.2, 0) is 6.54 Å². The van der Waals surface area contributed by atoms with E-state index >= 15 is 0 Å². The molecule has 0 radical (unpaired) electrons. The van der Waals surface area contributed by atoms with Gasteiger partial charge in [0.15, 0.2) is 0 Å². The highest BCUT2D eigenvalue weighted by molar-refractivity contribution is 9.10. The Hall–Kier alpha value is -2.58. The molecule has 0 aliphatic rings. The van der Waals surface area contributed by atoms with Gasteiger partial charge in [-0.05, 0) is 43.4 Å². The second kappa shape index (κ2) is 9.57. The van der Waals surface area contributed by atoms with Crippen molar-refractivity contribution in [1.29, 1.82) is 0 Å². The number of hydrogen-bond donors (Lipinski definition) is 1. The first-order valence-corrected chi connectivity index (χ1v) is 9.91. The number of benzene rings is 2. The van der Waals surface area contributed by atoms with Crippen LogP contribution in [0.3, 0.4) is 0 Å². The summed E-state index contributed by atoms with van der Waals surface area (Å²) in [6.07, 6.45) is 0. The molecule has 0 unspecified atom stereocenters. The van der Waals surface area contributed by atoms with Crippen LogP contribution in [0.1, 0.15) is 19.4 Å². The zero-order valence-corrected chi connectivity index (χ0v) is 17.8. The van der Waals surface area contributed by atoms with Gasteiger partial charge < -0.3 is 10.1 Å². The van der Waals surface area contributed by atoms with Gasteiger partial charge in [0.25, 0.3) is 5.95 Å². The molecule has 0 atom stereocenters. The van der Waals surface area contributed by atoms with Gasteiger partial charge in [0, 0.05) is 27.8 Å². The van der Waals surface area contributed by atoms with Crippen LogP contribution in [0.15, 0.2) is 46.9 Å². The van der Waals surface area contributed by atoms with Gasteiger partial charge in [-0.1, -0.05) is 41.9 Å². The monoisotopic (exact) mass is 442 g/mol. The van der Waals surface area contributed by atoms with Crippen molar-refractivity contribution in [1.82, 2.24) is 25.3 Å². The lowest BCUT2D eigenvalue weighted by molar-refractivity contribution is 0.289. The van der Waals surface area contributed by atoms with Crippen molar-refractivity contribution >= 4 is 27.6 Å². The van der Waals surface area contributed by atoms with Crippen LogP contribution in [0.2, 0.25) is 0 Å². The largest absolute Gasteiger partial charge is 0.496 e. The van der Waals surface area contributed by atoms with E-state index in [1.807, 2.05) is 42.5 Å². The maximum atomic E-state index is 5.50. The van der Waals surface area contributed by atoms with E-state index in [4.69, 9.17) is 4.74 Å². The minimum absolute atomic E-state index is 0.345. The van der Waals surface area contributed by atoms with Crippen molar-refractivity contribution in [3.8, 4) is 17.1 Å². The normalized spacial score (nSPS) is 10.9. The molecular weight excluding hydrogens is 420 g/mol. The molecule has 3 aromatic rings. The number of rotatable bonds is 8. The Morgan fingerprint density at radius 3 is 2.39 bits per heavy atom. The summed E-state index contributed by atoms with van der Waals surface area (Å²) in [5.41, 5.74) is 2.82. The van der Waals surface area contributed by atoms with Gasteiger partial charge >= 0.3 is 0 Å². The molecule has 0 aliphatic heterocycles. The van der Waals surface area contributed by atoms with E-state index < -0.39 is 0 Å². The average molecular weight is 443 g/mol. The minimum Gasteiger partial charge on any atom is -0.496 e. The van der Waals surface area contributed by atoms with Crippen molar-refractivity contribution in [3.63, 3.8) is 0 Å². The Bertz CT molecular complexity index is 915. The maximum Gasteiger partial charge on any atom is 0.266 e. The Kier molecular flexibility index (Phi) is 6.89. The third-order valence-corrected chi connectivity index (χ3v) is 4.88. The lowest BCUT2D eigenvalue weighted by Crippen LogP contribution is -2.22. The molecule has 3 rings (SSSR count). The molecule has 0 spiro atoms. The predicted molar refractivity (Wildman–Crippen MR) is 114 cm³/mol. The fourth-order valence-electron chi connectivity index (χ4n) is 2.82. The molecule has 0 bridgehead atoms. The number of nitrogens with zero attached hydrogens (tertiary/aromatic N) is 5. The van der Waals surface area contributed by atoms with Crippen LogP contribution in [0.25, 0.3) is 11.4 Å². The summed E-state index contributed by atoms with van der Waals surface area (Å²) in [4.78, 5) is 2.33. The molecule has 7 nitrogen and oxygen atoms in total. The lowest BCUT2D eigenvalue weighted by atomic mass is 10.1. The third kappa shape index (κ3) is 5.02. The Morgan fingerprint density at radius 1 is 1.00 bits per heavy atom. The Morgan fingerprint density at radius 2 is 1.75 bits per heavy atom. The molecule has 146 valence electrons. The minimum atomic E-state index is 0.345. The molecule has 0 aliphatic carbocycles. The van der Waals surface area contributed by atoms with Crippen LogP contribution < -0.4 is 10.1 Å². The number of anilines is 2. The molecule has 0 amide bonds. The summed E-state index contributed by atoms with van der Waals surface area (Å²) < 4.78 is 6.45. The van der Waals surface area contributed by atoms with Crippen molar-refractivity contribution in [2.45, 2.75) is 20.4 Å².